The number of nitrogens with zero attached hydrogens (tertiary/aromatic N) is 1. The average Bonchev–Trinajstić information content (AvgIpc) is 2.65. The van der Waals surface area contributed by atoms with Gasteiger partial charge in [-0.15, -0.1) is 0 Å². The molecule has 0 aliphatic carbocycles. The molecule has 1 atom stereocenters. The number of rotatable bonds is 6. The molecule has 0 saturated carbocycles. The molecule has 0 bridgehead atoms. The summed E-state index contributed by atoms with van der Waals surface area (Å²) in [6, 6.07) is 12.3. The lowest BCUT2D eigenvalue weighted by atomic mass is 10.0. The van der Waals surface area contributed by atoms with Gasteiger partial charge in [0.2, 0.25) is 0 Å². The fourth-order valence-corrected chi connectivity index (χ4v) is 3.26. The van der Waals surface area contributed by atoms with Crippen molar-refractivity contribution in [2.75, 3.05) is 32.8 Å². The molecular weight excluding hydrogens is 357 g/mol. The first kappa shape index (κ1) is 19.7. The van der Waals surface area contributed by atoms with Gasteiger partial charge < -0.3 is 15.2 Å². The molecule has 1 unspecified atom stereocenters. The quantitative estimate of drug-likeness (QED) is 0.804. The van der Waals surface area contributed by atoms with E-state index >= 15 is 0 Å². The highest BCUT2D eigenvalue weighted by Crippen LogP contribution is 2.31. The van der Waals surface area contributed by atoms with Crippen molar-refractivity contribution in [3.8, 4) is 5.75 Å². The lowest BCUT2D eigenvalue weighted by Crippen LogP contribution is -2.42. The second kappa shape index (κ2) is 8.73. The average molecular weight is 380 g/mol. The summed E-state index contributed by atoms with van der Waals surface area (Å²) in [6.45, 7) is 3.85. The lowest BCUT2D eigenvalue weighted by Gasteiger charge is -2.35. The van der Waals surface area contributed by atoms with Gasteiger partial charge in [0.05, 0.1) is 18.8 Å². The number of hydrogen-bond donors (Lipinski definition) is 2. The summed E-state index contributed by atoms with van der Waals surface area (Å²) in [5.41, 5.74) is 1.15. The van der Waals surface area contributed by atoms with E-state index in [4.69, 9.17) is 4.74 Å². The second-order valence-electron chi connectivity index (χ2n) is 6.58. The molecule has 1 saturated heterocycles. The molecule has 0 amide bonds. The molecule has 7 heteroatoms. The summed E-state index contributed by atoms with van der Waals surface area (Å²) >= 11 is 0. The van der Waals surface area contributed by atoms with E-state index in [1.807, 2.05) is 6.07 Å². The molecule has 1 heterocycles. The Kier molecular flexibility index (Phi) is 6.36. The third-order valence-electron chi connectivity index (χ3n) is 4.69. The van der Waals surface area contributed by atoms with Crippen LogP contribution in [0.25, 0.3) is 0 Å². The fraction of sp³-hybridized carbons (Fsp3) is 0.400. The van der Waals surface area contributed by atoms with Crippen LogP contribution in [0.4, 0.5) is 13.2 Å². The summed E-state index contributed by atoms with van der Waals surface area (Å²) in [6.07, 6.45) is -4.33. The highest BCUT2D eigenvalue weighted by Gasteiger charge is 2.31. The molecule has 0 radical (unpaired) electrons. The molecule has 0 spiro atoms. The van der Waals surface area contributed by atoms with Gasteiger partial charge in [-0.25, -0.2) is 0 Å². The summed E-state index contributed by atoms with van der Waals surface area (Å²) in [5, 5.41) is 12.9. The first-order valence-electron chi connectivity index (χ1n) is 8.91. The van der Waals surface area contributed by atoms with Crippen LogP contribution in [0.15, 0.2) is 48.5 Å². The van der Waals surface area contributed by atoms with Crippen molar-refractivity contribution in [2.24, 2.45) is 0 Å². The maximum absolute atomic E-state index is 12.8. The Morgan fingerprint density at radius 2 is 1.78 bits per heavy atom. The van der Waals surface area contributed by atoms with Crippen molar-refractivity contribution in [3.05, 3.63) is 65.2 Å². The number of nitrogens with one attached hydrogen (secondary N) is 1. The number of phenols is 1. The van der Waals surface area contributed by atoms with Crippen molar-refractivity contribution in [2.45, 2.75) is 18.8 Å². The molecule has 2 aromatic rings. The second-order valence-corrected chi connectivity index (χ2v) is 6.58. The van der Waals surface area contributed by atoms with Gasteiger partial charge in [0.1, 0.15) is 5.75 Å². The van der Waals surface area contributed by atoms with Crippen LogP contribution in [0.5, 0.6) is 5.75 Å². The van der Waals surface area contributed by atoms with Crippen LogP contribution in [0.2, 0.25) is 0 Å². The third kappa shape index (κ3) is 5.45. The fourth-order valence-electron chi connectivity index (χ4n) is 3.26. The molecule has 1 aliphatic heterocycles. The Morgan fingerprint density at radius 1 is 1.07 bits per heavy atom. The minimum absolute atomic E-state index is 0.0477. The Balaban J connectivity index is 1.70. The van der Waals surface area contributed by atoms with Crippen molar-refractivity contribution in [1.82, 2.24) is 10.2 Å². The number of aromatic hydroxyl groups is 1. The molecule has 1 aliphatic rings. The van der Waals surface area contributed by atoms with Crippen molar-refractivity contribution >= 4 is 0 Å². The minimum Gasteiger partial charge on any atom is -0.508 e. The third-order valence-corrected chi connectivity index (χ3v) is 4.69. The Hall–Kier alpha value is -2.09. The number of alkyl halides is 3. The van der Waals surface area contributed by atoms with Crippen LogP contribution in [0.3, 0.4) is 0 Å². The van der Waals surface area contributed by atoms with E-state index in [9.17, 15) is 18.3 Å². The van der Waals surface area contributed by atoms with E-state index in [0.717, 1.165) is 36.3 Å². The van der Waals surface area contributed by atoms with Gasteiger partial charge in [-0.05, 0) is 35.4 Å². The van der Waals surface area contributed by atoms with Crippen LogP contribution in [-0.4, -0.2) is 42.9 Å². The number of halogens is 3. The zero-order chi connectivity index (χ0) is 19.3. The zero-order valence-corrected chi connectivity index (χ0v) is 14.9. The summed E-state index contributed by atoms with van der Waals surface area (Å²) in [4.78, 5) is 2.22. The number of phenolic OH excluding ortho intramolecular Hbond substituents is 1. The van der Waals surface area contributed by atoms with Gasteiger partial charge in [0.15, 0.2) is 0 Å². The molecule has 146 valence electrons. The maximum atomic E-state index is 12.8. The van der Waals surface area contributed by atoms with Crippen molar-refractivity contribution in [1.29, 1.82) is 0 Å². The zero-order valence-electron chi connectivity index (χ0n) is 14.9. The largest absolute Gasteiger partial charge is 0.508 e. The van der Waals surface area contributed by atoms with E-state index in [2.05, 4.69) is 10.2 Å². The smallest absolute Gasteiger partial charge is 0.416 e. The van der Waals surface area contributed by atoms with E-state index in [-0.39, 0.29) is 11.8 Å². The van der Waals surface area contributed by atoms with E-state index < -0.39 is 11.7 Å². The summed E-state index contributed by atoms with van der Waals surface area (Å²) < 4.78 is 43.9. The van der Waals surface area contributed by atoms with Gasteiger partial charge in [-0.1, -0.05) is 24.3 Å². The highest BCUT2D eigenvalue weighted by molar-refractivity contribution is 5.28. The first-order chi connectivity index (χ1) is 12.9. The molecule has 1 fully saturated rings. The maximum Gasteiger partial charge on any atom is 0.416 e. The number of ether oxygens (including phenoxy) is 1. The molecule has 2 aromatic carbocycles. The normalized spacial score (nSPS) is 17.0. The topological polar surface area (TPSA) is 44.7 Å². The molecule has 2 N–H and O–H groups in total. The van der Waals surface area contributed by atoms with Gasteiger partial charge >= 0.3 is 6.18 Å². The van der Waals surface area contributed by atoms with Crippen LogP contribution in [0.1, 0.15) is 22.7 Å². The first-order valence-corrected chi connectivity index (χ1v) is 8.91. The van der Waals surface area contributed by atoms with Crippen LogP contribution >= 0.6 is 0 Å². The van der Waals surface area contributed by atoms with Crippen LogP contribution in [0, 0.1) is 0 Å². The molecule has 3 rings (SSSR count). The van der Waals surface area contributed by atoms with Gasteiger partial charge in [0.25, 0.3) is 0 Å². The van der Waals surface area contributed by atoms with Crippen molar-refractivity contribution < 1.29 is 23.0 Å². The van der Waals surface area contributed by atoms with E-state index in [0.29, 0.717) is 26.3 Å². The van der Waals surface area contributed by atoms with Gasteiger partial charge in [-0.3, -0.25) is 4.90 Å². The van der Waals surface area contributed by atoms with E-state index in [1.165, 1.54) is 0 Å². The Labute approximate surface area is 156 Å². The molecule has 27 heavy (non-hydrogen) atoms. The predicted molar refractivity (Wildman–Crippen MR) is 96.4 cm³/mol. The number of morpholine rings is 1. The minimum atomic E-state index is -4.33. The predicted octanol–water partition coefficient (Wildman–Crippen LogP) is 3.57. The molecular formula is C20H23F3N2O2. The highest BCUT2D eigenvalue weighted by atomic mass is 19.4. The summed E-state index contributed by atoms with van der Waals surface area (Å²) in [5.74, 6) is 0.210. The van der Waals surface area contributed by atoms with E-state index in [1.54, 1.807) is 30.3 Å². The number of hydrogen-bond acceptors (Lipinski definition) is 4. The van der Waals surface area contributed by atoms with Gasteiger partial charge in [-0.2, -0.15) is 13.2 Å². The van der Waals surface area contributed by atoms with Crippen LogP contribution < -0.4 is 5.32 Å². The van der Waals surface area contributed by atoms with Crippen LogP contribution in [-0.2, 0) is 17.5 Å². The molecule has 4 nitrogen and oxygen atoms in total. The Bertz CT molecular complexity index is 729. The summed E-state index contributed by atoms with van der Waals surface area (Å²) in [7, 11) is 0. The lowest BCUT2D eigenvalue weighted by molar-refractivity contribution is -0.137. The van der Waals surface area contributed by atoms with Gasteiger partial charge in [0, 0.05) is 32.2 Å². The SMILES string of the molecule is Oc1cccc(CNCC(c2ccc(C(F)(F)F)cc2)N2CCOCC2)c1. The standard InChI is InChI=1S/C20H23F3N2O2/c21-20(22,23)17-6-4-16(5-7-17)19(25-8-10-27-11-9-25)14-24-13-15-2-1-3-18(26)12-15/h1-7,12,19,24,26H,8-11,13-14H2. The molecule has 0 aromatic heterocycles. The van der Waals surface area contributed by atoms with Crippen molar-refractivity contribution in [3.63, 3.8) is 0 Å². The number of benzene rings is 2. The Morgan fingerprint density at radius 3 is 2.41 bits per heavy atom. The monoisotopic (exact) mass is 380 g/mol.